The van der Waals surface area contributed by atoms with E-state index in [1.807, 2.05) is 6.92 Å². The second kappa shape index (κ2) is 7.64. The molecule has 7 nitrogen and oxygen atoms in total. The minimum Gasteiger partial charge on any atom is -0.508 e. The van der Waals surface area contributed by atoms with Crippen molar-refractivity contribution in [2.75, 3.05) is 19.8 Å². The Labute approximate surface area is 134 Å². The van der Waals surface area contributed by atoms with Crippen LogP contribution in [0.1, 0.15) is 25.5 Å². The lowest BCUT2D eigenvalue weighted by molar-refractivity contribution is -0.141. The zero-order valence-electron chi connectivity index (χ0n) is 13.1. The molecular weight excluding hydrogens is 300 g/mol. The normalized spacial score (nSPS) is 17.5. The molecule has 2 rings (SSSR count). The van der Waals surface area contributed by atoms with E-state index in [9.17, 15) is 14.7 Å². The molecule has 1 aliphatic heterocycles. The molecule has 0 fully saturated rings. The Kier molecular flexibility index (Phi) is 5.59. The van der Waals surface area contributed by atoms with Crippen molar-refractivity contribution in [2.24, 2.45) is 0 Å². The van der Waals surface area contributed by atoms with Crippen molar-refractivity contribution in [1.82, 2.24) is 10.6 Å². The number of hydrogen-bond donors (Lipinski definition) is 3. The number of hydrogen-bond acceptors (Lipinski definition) is 5. The molecule has 0 saturated heterocycles. The number of benzene rings is 1. The van der Waals surface area contributed by atoms with Gasteiger partial charge in [0, 0.05) is 12.3 Å². The molecule has 7 heteroatoms. The first kappa shape index (κ1) is 16.8. The number of carbonyl (C=O) groups excluding carboxylic acids is 2. The van der Waals surface area contributed by atoms with Crippen molar-refractivity contribution in [3.63, 3.8) is 0 Å². The van der Waals surface area contributed by atoms with Crippen LogP contribution in [0.3, 0.4) is 0 Å². The van der Waals surface area contributed by atoms with Crippen molar-refractivity contribution < 1.29 is 24.2 Å². The van der Waals surface area contributed by atoms with Gasteiger partial charge in [-0.3, -0.25) is 0 Å². The number of allylic oxidation sites excluding steroid dienone is 1. The molecule has 1 atom stereocenters. The molecular formula is C16H20N2O5. The second-order valence-electron chi connectivity index (χ2n) is 4.99. The number of phenols is 1. The minimum absolute atomic E-state index is 0.107. The first-order valence-corrected chi connectivity index (χ1v) is 7.35. The molecule has 1 aromatic carbocycles. The van der Waals surface area contributed by atoms with Crippen LogP contribution < -0.4 is 10.6 Å². The number of amides is 2. The first-order chi connectivity index (χ1) is 11.0. The maximum atomic E-state index is 12.4. The first-order valence-electron chi connectivity index (χ1n) is 7.35. The molecule has 1 aliphatic rings. The van der Waals surface area contributed by atoms with Gasteiger partial charge in [0.25, 0.3) is 0 Å². The molecule has 124 valence electrons. The predicted octanol–water partition coefficient (Wildman–Crippen LogP) is 1.60. The fourth-order valence-electron chi connectivity index (χ4n) is 2.30. The highest BCUT2D eigenvalue weighted by Crippen LogP contribution is 2.28. The maximum Gasteiger partial charge on any atom is 0.338 e. The Balaban J connectivity index is 2.20. The highest BCUT2D eigenvalue weighted by atomic mass is 16.6. The SMILES string of the molecule is CCOCCOC(=O)C1=C(C)NC(=O)NC1c1ccc(O)cc1. The number of carbonyl (C=O) groups is 2. The lowest BCUT2D eigenvalue weighted by Crippen LogP contribution is -2.45. The van der Waals surface area contributed by atoms with Crippen LogP contribution in [0.5, 0.6) is 5.75 Å². The van der Waals surface area contributed by atoms with E-state index in [1.165, 1.54) is 12.1 Å². The zero-order chi connectivity index (χ0) is 16.8. The van der Waals surface area contributed by atoms with Gasteiger partial charge in [-0.25, -0.2) is 9.59 Å². The Morgan fingerprint density at radius 3 is 2.61 bits per heavy atom. The largest absolute Gasteiger partial charge is 0.508 e. The van der Waals surface area contributed by atoms with E-state index in [1.54, 1.807) is 19.1 Å². The number of aromatic hydroxyl groups is 1. The molecule has 0 spiro atoms. The van der Waals surface area contributed by atoms with Gasteiger partial charge in [0.2, 0.25) is 0 Å². The smallest absolute Gasteiger partial charge is 0.338 e. The second-order valence-corrected chi connectivity index (χ2v) is 4.99. The van der Waals surface area contributed by atoms with Crippen molar-refractivity contribution in [1.29, 1.82) is 0 Å². The third-order valence-electron chi connectivity index (χ3n) is 3.38. The van der Waals surface area contributed by atoms with Crippen molar-refractivity contribution in [3.05, 3.63) is 41.1 Å². The lowest BCUT2D eigenvalue weighted by atomic mass is 9.95. The molecule has 0 saturated carbocycles. The van der Waals surface area contributed by atoms with Gasteiger partial charge < -0.3 is 25.2 Å². The zero-order valence-corrected chi connectivity index (χ0v) is 13.1. The molecule has 0 aromatic heterocycles. The number of rotatable bonds is 6. The van der Waals surface area contributed by atoms with Crippen LogP contribution in [0.25, 0.3) is 0 Å². The minimum atomic E-state index is -0.635. The monoisotopic (exact) mass is 320 g/mol. The van der Waals surface area contributed by atoms with Gasteiger partial charge >= 0.3 is 12.0 Å². The van der Waals surface area contributed by atoms with Gasteiger partial charge in [-0.05, 0) is 31.5 Å². The quantitative estimate of drug-likeness (QED) is 0.546. The van der Waals surface area contributed by atoms with E-state index in [0.717, 1.165) is 0 Å². The van der Waals surface area contributed by atoms with E-state index < -0.39 is 18.0 Å². The highest BCUT2D eigenvalue weighted by Gasteiger charge is 2.32. The lowest BCUT2D eigenvalue weighted by Gasteiger charge is -2.28. The molecule has 1 heterocycles. The average Bonchev–Trinajstić information content (AvgIpc) is 2.51. The van der Waals surface area contributed by atoms with Gasteiger partial charge in [0.1, 0.15) is 12.4 Å². The number of phenolic OH excluding ortho intramolecular Hbond substituents is 1. The van der Waals surface area contributed by atoms with Gasteiger partial charge in [-0.1, -0.05) is 12.1 Å². The number of ether oxygens (including phenoxy) is 2. The summed E-state index contributed by atoms with van der Waals surface area (Å²) in [6, 6.07) is 5.25. The molecule has 1 aromatic rings. The van der Waals surface area contributed by atoms with E-state index in [2.05, 4.69) is 10.6 Å². The summed E-state index contributed by atoms with van der Waals surface area (Å²) in [6.07, 6.45) is 0. The molecule has 0 radical (unpaired) electrons. The predicted molar refractivity (Wildman–Crippen MR) is 82.7 cm³/mol. The Morgan fingerprint density at radius 1 is 1.26 bits per heavy atom. The standard InChI is InChI=1S/C16H20N2O5/c1-3-22-8-9-23-15(20)13-10(2)17-16(21)18-14(13)11-4-6-12(19)7-5-11/h4-7,14,19H,3,8-9H2,1-2H3,(H2,17,18,21). The summed E-state index contributed by atoms with van der Waals surface area (Å²) >= 11 is 0. The summed E-state index contributed by atoms with van der Waals surface area (Å²) in [5.41, 5.74) is 1.44. The van der Waals surface area contributed by atoms with Crippen LogP contribution in [0, 0.1) is 0 Å². The van der Waals surface area contributed by atoms with Gasteiger partial charge in [0.05, 0.1) is 18.2 Å². The number of nitrogens with one attached hydrogen (secondary N) is 2. The molecule has 0 aliphatic carbocycles. The Hall–Kier alpha value is -2.54. The summed E-state index contributed by atoms with van der Waals surface area (Å²) < 4.78 is 10.3. The molecule has 0 bridgehead atoms. The van der Waals surface area contributed by atoms with Gasteiger partial charge in [-0.15, -0.1) is 0 Å². The molecule has 23 heavy (non-hydrogen) atoms. The maximum absolute atomic E-state index is 12.4. The topological polar surface area (TPSA) is 96.9 Å². The fourth-order valence-corrected chi connectivity index (χ4v) is 2.30. The van der Waals surface area contributed by atoms with Crippen LogP contribution in [-0.2, 0) is 14.3 Å². The van der Waals surface area contributed by atoms with Crippen molar-refractivity contribution in [2.45, 2.75) is 19.9 Å². The summed E-state index contributed by atoms with van der Waals surface area (Å²) in [4.78, 5) is 24.1. The van der Waals surface area contributed by atoms with E-state index in [-0.39, 0.29) is 12.4 Å². The van der Waals surface area contributed by atoms with E-state index >= 15 is 0 Å². The molecule has 2 amide bonds. The van der Waals surface area contributed by atoms with Crippen LogP contribution in [0.4, 0.5) is 4.79 Å². The third kappa shape index (κ3) is 4.23. The van der Waals surface area contributed by atoms with Crippen LogP contribution in [0.15, 0.2) is 35.5 Å². The van der Waals surface area contributed by atoms with Crippen molar-refractivity contribution >= 4 is 12.0 Å². The summed E-state index contributed by atoms with van der Waals surface area (Å²) in [7, 11) is 0. The molecule has 3 N–H and O–H groups in total. The highest BCUT2D eigenvalue weighted by molar-refractivity contribution is 5.95. The van der Waals surface area contributed by atoms with Gasteiger partial charge in [0.15, 0.2) is 0 Å². The van der Waals surface area contributed by atoms with Crippen LogP contribution >= 0.6 is 0 Å². The molecule has 1 unspecified atom stereocenters. The Morgan fingerprint density at radius 2 is 1.96 bits per heavy atom. The number of urea groups is 1. The summed E-state index contributed by atoms with van der Waals surface area (Å²) in [5.74, 6) is -0.414. The van der Waals surface area contributed by atoms with Crippen molar-refractivity contribution in [3.8, 4) is 5.75 Å². The number of esters is 1. The van der Waals surface area contributed by atoms with E-state index in [4.69, 9.17) is 9.47 Å². The fraction of sp³-hybridized carbons (Fsp3) is 0.375. The van der Waals surface area contributed by atoms with Gasteiger partial charge in [-0.2, -0.15) is 0 Å². The van der Waals surface area contributed by atoms with E-state index in [0.29, 0.717) is 30.0 Å². The van der Waals surface area contributed by atoms with Crippen LogP contribution in [-0.4, -0.2) is 36.9 Å². The average molecular weight is 320 g/mol. The summed E-state index contributed by atoms with van der Waals surface area (Å²) in [6.45, 7) is 4.51. The summed E-state index contributed by atoms with van der Waals surface area (Å²) in [5, 5.41) is 14.6. The Bertz CT molecular complexity index is 609. The third-order valence-corrected chi connectivity index (χ3v) is 3.38. The van der Waals surface area contributed by atoms with Crippen LogP contribution in [0.2, 0.25) is 0 Å².